The highest BCUT2D eigenvalue weighted by atomic mass is 35.5. The van der Waals surface area contributed by atoms with E-state index in [1.807, 2.05) is 12.1 Å². The number of nitrogen functional groups attached to an aromatic ring is 1. The maximum atomic E-state index is 9.03. The van der Waals surface area contributed by atoms with Gasteiger partial charge in [0.15, 0.2) is 0 Å². The summed E-state index contributed by atoms with van der Waals surface area (Å²) in [5.41, 5.74) is 7.40. The summed E-state index contributed by atoms with van der Waals surface area (Å²) in [6, 6.07) is 5.58. The summed E-state index contributed by atoms with van der Waals surface area (Å²) in [4.78, 5) is 2.21. The van der Waals surface area contributed by atoms with E-state index in [0.29, 0.717) is 17.3 Å². The predicted molar refractivity (Wildman–Crippen MR) is 73.1 cm³/mol. The number of anilines is 1. The quantitative estimate of drug-likeness (QED) is 0.737. The van der Waals surface area contributed by atoms with E-state index in [9.17, 15) is 0 Å². The van der Waals surface area contributed by atoms with Crippen LogP contribution in [0.3, 0.4) is 0 Å². The number of aliphatic hydroxyl groups excluding tert-OH is 1. The monoisotopic (exact) mass is 256 g/mol. The lowest BCUT2D eigenvalue weighted by atomic mass is 10.2. The van der Waals surface area contributed by atoms with Crippen molar-refractivity contribution < 1.29 is 5.11 Å². The SMILES string of the molecule is CCCCN(CCO)Cc1ccc(N)cc1Cl. The average molecular weight is 257 g/mol. The number of aliphatic hydroxyl groups is 1. The minimum atomic E-state index is 0.177. The zero-order valence-electron chi connectivity index (χ0n) is 10.3. The fourth-order valence-corrected chi connectivity index (χ4v) is 1.97. The first-order valence-corrected chi connectivity index (χ1v) is 6.42. The molecule has 0 atom stereocenters. The van der Waals surface area contributed by atoms with Crippen LogP contribution in [0.2, 0.25) is 5.02 Å². The maximum absolute atomic E-state index is 9.03. The van der Waals surface area contributed by atoms with Crippen molar-refractivity contribution in [1.82, 2.24) is 4.90 Å². The molecule has 0 aliphatic rings. The number of nitrogens with two attached hydrogens (primary N) is 1. The van der Waals surface area contributed by atoms with E-state index in [-0.39, 0.29) is 6.61 Å². The second-order valence-electron chi connectivity index (χ2n) is 4.20. The van der Waals surface area contributed by atoms with Crippen molar-refractivity contribution in [3.05, 3.63) is 28.8 Å². The summed E-state index contributed by atoms with van der Waals surface area (Å²) in [6.07, 6.45) is 2.28. The van der Waals surface area contributed by atoms with Gasteiger partial charge in [-0.3, -0.25) is 4.90 Å². The minimum absolute atomic E-state index is 0.177. The Kier molecular flexibility index (Phi) is 6.34. The van der Waals surface area contributed by atoms with Gasteiger partial charge in [-0.15, -0.1) is 0 Å². The second kappa shape index (κ2) is 7.54. The van der Waals surface area contributed by atoms with Gasteiger partial charge in [-0.05, 0) is 30.7 Å². The maximum Gasteiger partial charge on any atom is 0.0558 e. The Balaban J connectivity index is 2.64. The van der Waals surface area contributed by atoms with Crippen molar-refractivity contribution in [3.8, 4) is 0 Å². The lowest BCUT2D eigenvalue weighted by molar-refractivity contribution is 0.188. The molecule has 4 heteroatoms. The van der Waals surface area contributed by atoms with E-state index < -0.39 is 0 Å². The molecule has 17 heavy (non-hydrogen) atoms. The molecule has 1 rings (SSSR count). The molecule has 0 unspecified atom stereocenters. The second-order valence-corrected chi connectivity index (χ2v) is 4.61. The van der Waals surface area contributed by atoms with Crippen LogP contribution in [-0.2, 0) is 6.54 Å². The lowest BCUT2D eigenvalue weighted by Gasteiger charge is -2.21. The summed E-state index contributed by atoms with van der Waals surface area (Å²) in [6.45, 7) is 4.77. The van der Waals surface area contributed by atoms with Gasteiger partial charge in [0.2, 0.25) is 0 Å². The van der Waals surface area contributed by atoms with Gasteiger partial charge >= 0.3 is 0 Å². The van der Waals surface area contributed by atoms with Crippen molar-refractivity contribution in [1.29, 1.82) is 0 Å². The number of hydrogen-bond acceptors (Lipinski definition) is 3. The molecule has 0 saturated heterocycles. The number of hydrogen-bond donors (Lipinski definition) is 2. The highest BCUT2D eigenvalue weighted by molar-refractivity contribution is 6.31. The van der Waals surface area contributed by atoms with Gasteiger partial charge in [0.05, 0.1) is 6.61 Å². The molecule has 0 spiro atoms. The molecule has 0 fully saturated rings. The largest absolute Gasteiger partial charge is 0.399 e. The van der Waals surface area contributed by atoms with Crippen LogP contribution in [-0.4, -0.2) is 29.7 Å². The van der Waals surface area contributed by atoms with E-state index in [1.165, 1.54) is 0 Å². The van der Waals surface area contributed by atoms with Gasteiger partial charge in [0.1, 0.15) is 0 Å². The summed E-state index contributed by atoms with van der Waals surface area (Å²) < 4.78 is 0. The van der Waals surface area contributed by atoms with Crippen LogP contribution in [0.1, 0.15) is 25.3 Å². The van der Waals surface area contributed by atoms with Crippen LogP contribution in [0.25, 0.3) is 0 Å². The van der Waals surface area contributed by atoms with Gasteiger partial charge in [0.25, 0.3) is 0 Å². The highest BCUT2D eigenvalue weighted by Crippen LogP contribution is 2.20. The molecule has 0 bridgehead atoms. The predicted octanol–water partition coefficient (Wildman–Crippen LogP) is 2.52. The normalized spacial score (nSPS) is 11.1. The first kappa shape index (κ1) is 14.3. The van der Waals surface area contributed by atoms with E-state index in [2.05, 4.69) is 11.8 Å². The standard InChI is InChI=1S/C13H21ClN2O/c1-2-3-6-16(7-8-17)10-11-4-5-12(15)9-13(11)14/h4-5,9,17H,2-3,6-8,10,15H2,1H3. The molecule has 0 saturated carbocycles. The van der Waals surface area contributed by atoms with Gasteiger partial charge in [-0.25, -0.2) is 0 Å². The number of nitrogens with zero attached hydrogens (tertiary/aromatic N) is 1. The highest BCUT2D eigenvalue weighted by Gasteiger charge is 2.08. The molecular formula is C13H21ClN2O. The molecule has 0 radical (unpaired) electrons. The van der Waals surface area contributed by atoms with Crippen LogP contribution in [0.5, 0.6) is 0 Å². The Labute approximate surface area is 108 Å². The zero-order valence-corrected chi connectivity index (χ0v) is 11.1. The van der Waals surface area contributed by atoms with Crippen LogP contribution < -0.4 is 5.73 Å². The average Bonchev–Trinajstić information content (AvgIpc) is 2.29. The van der Waals surface area contributed by atoms with Crippen molar-refractivity contribution >= 4 is 17.3 Å². The fraction of sp³-hybridized carbons (Fsp3) is 0.538. The molecule has 0 heterocycles. The van der Waals surface area contributed by atoms with Crippen LogP contribution in [0.4, 0.5) is 5.69 Å². The molecule has 96 valence electrons. The number of unbranched alkanes of at least 4 members (excludes halogenated alkanes) is 1. The molecule has 0 amide bonds. The molecule has 1 aromatic rings. The molecule has 3 nitrogen and oxygen atoms in total. The topological polar surface area (TPSA) is 49.5 Å². The van der Waals surface area contributed by atoms with Crippen LogP contribution in [0, 0.1) is 0 Å². The number of halogens is 1. The van der Waals surface area contributed by atoms with E-state index in [0.717, 1.165) is 31.5 Å². The number of benzene rings is 1. The third-order valence-electron chi connectivity index (χ3n) is 2.72. The van der Waals surface area contributed by atoms with Gasteiger partial charge < -0.3 is 10.8 Å². The first-order valence-electron chi connectivity index (χ1n) is 6.04. The number of rotatable bonds is 7. The Morgan fingerprint density at radius 1 is 1.35 bits per heavy atom. The Hall–Kier alpha value is -0.770. The van der Waals surface area contributed by atoms with Crippen LogP contribution >= 0.6 is 11.6 Å². The van der Waals surface area contributed by atoms with Crippen LogP contribution in [0.15, 0.2) is 18.2 Å². The summed E-state index contributed by atoms with van der Waals surface area (Å²) in [5, 5.41) is 9.73. The van der Waals surface area contributed by atoms with Gasteiger partial charge in [-0.1, -0.05) is 31.0 Å². The fourth-order valence-electron chi connectivity index (χ4n) is 1.73. The summed E-state index contributed by atoms with van der Waals surface area (Å²) in [7, 11) is 0. The van der Waals surface area contributed by atoms with Gasteiger partial charge in [-0.2, -0.15) is 0 Å². The van der Waals surface area contributed by atoms with E-state index >= 15 is 0 Å². The van der Waals surface area contributed by atoms with Crippen molar-refractivity contribution in [2.45, 2.75) is 26.3 Å². The minimum Gasteiger partial charge on any atom is -0.399 e. The third-order valence-corrected chi connectivity index (χ3v) is 3.07. The first-order chi connectivity index (χ1) is 8.17. The van der Waals surface area contributed by atoms with Crippen molar-refractivity contribution in [2.24, 2.45) is 0 Å². The van der Waals surface area contributed by atoms with E-state index in [4.69, 9.17) is 22.4 Å². The molecule has 0 aliphatic heterocycles. The molecule has 1 aromatic carbocycles. The van der Waals surface area contributed by atoms with Gasteiger partial charge in [0, 0.05) is 23.8 Å². The molecule has 0 aliphatic carbocycles. The molecular weight excluding hydrogens is 236 g/mol. The zero-order chi connectivity index (χ0) is 12.7. The Morgan fingerprint density at radius 3 is 2.71 bits per heavy atom. The summed E-state index contributed by atoms with van der Waals surface area (Å²) >= 11 is 6.14. The molecule has 3 N–H and O–H groups in total. The van der Waals surface area contributed by atoms with E-state index in [1.54, 1.807) is 6.07 Å². The molecule has 0 aromatic heterocycles. The third kappa shape index (κ3) is 4.94. The van der Waals surface area contributed by atoms with Crippen molar-refractivity contribution in [2.75, 3.05) is 25.4 Å². The van der Waals surface area contributed by atoms with Crippen molar-refractivity contribution in [3.63, 3.8) is 0 Å². The smallest absolute Gasteiger partial charge is 0.0558 e. The lowest BCUT2D eigenvalue weighted by Crippen LogP contribution is -2.27. The Morgan fingerprint density at radius 2 is 2.12 bits per heavy atom. The Bertz CT molecular complexity index is 344. The summed E-state index contributed by atoms with van der Waals surface area (Å²) in [5.74, 6) is 0.